The van der Waals surface area contributed by atoms with E-state index >= 15 is 0 Å². The number of hydrogen-bond donors (Lipinski definition) is 2. The molecule has 1 aromatic carbocycles. The molecule has 2 heterocycles. The lowest BCUT2D eigenvalue weighted by Crippen LogP contribution is -2.51. The Morgan fingerprint density at radius 3 is 2.96 bits per heavy atom. The normalized spacial score (nSPS) is 21.6. The van der Waals surface area contributed by atoms with Crippen molar-refractivity contribution in [3.63, 3.8) is 0 Å². The van der Waals surface area contributed by atoms with Gasteiger partial charge in [-0.25, -0.2) is 0 Å². The van der Waals surface area contributed by atoms with Crippen LogP contribution in [0.3, 0.4) is 0 Å². The molecule has 6 heteroatoms. The van der Waals surface area contributed by atoms with E-state index in [1.54, 1.807) is 11.8 Å². The van der Waals surface area contributed by atoms with Crippen molar-refractivity contribution >= 4 is 5.91 Å². The third-order valence-corrected chi connectivity index (χ3v) is 4.70. The van der Waals surface area contributed by atoms with Crippen LogP contribution in [0, 0.1) is 0 Å². The third kappa shape index (κ3) is 4.20. The predicted molar refractivity (Wildman–Crippen MR) is 96.4 cm³/mol. The summed E-state index contributed by atoms with van der Waals surface area (Å²) >= 11 is 0. The Labute approximate surface area is 148 Å². The molecule has 1 aliphatic heterocycles. The van der Waals surface area contributed by atoms with Crippen LogP contribution in [0.4, 0.5) is 0 Å². The topological polar surface area (TPSA) is 68.2 Å². The van der Waals surface area contributed by atoms with Crippen molar-refractivity contribution in [3.05, 3.63) is 47.8 Å². The van der Waals surface area contributed by atoms with E-state index in [-0.39, 0.29) is 24.0 Å². The lowest BCUT2D eigenvalue weighted by Gasteiger charge is -2.34. The average molecular weight is 342 g/mol. The maximum atomic E-state index is 11.9. The fraction of sp³-hybridized carbons (Fsp3) is 0.474. The van der Waals surface area contributed by atoms with Gasteiger partial charge in [0.15, 0.2) is 0 Å². The molecular weight excluding hydrogens is 316 g/mol. The molecule has 0 radical (unpaired) electrons. The Morgan fingerprint density at radius 2 is 2.24 bits per heavy atom. The van der Waals surface area contributed by atoms with Gasteiger partial charge in [0, 0.05) is 37.3 Å². The van der Waals surface area contributed by atoms with Crippen LogP contribution in [-0.4, -0.2) is 34.9 Å². The van der Waals surface area contributed by atoms with E-state index in [1.165, 1.54) is 5.56 Å². The Kier molecular flexibility index (Phi) is 5.38. The molecule has 1 amide bonds. The molecule has 3 rings (SSSR count). The van der Waals surface area contributed by atoms with E-state index in [0.29, 0.717) is 6.42 Å². The number of benzene rings is 1. The highest BCUT2D eigenvalue weighted by Crippen LogP contribution is 2.25. The molecule has 1 aromatic heterocycles. The molecule has 1 aliphatic rings. The lowest BCUT2D eigenvalue weighted by atomic mass is 9.92. The molecular formula is C19H26N4O2. The zero-order valence-corrected chi connectivity index (χ0v) is 15.0. The second-order valence-corrected chi connectivity index (χ2v) is 6.72. The van der Waals surface area contributed by atoms with Crippen molar-refractivity contribution in [3.8, 4) is 5.75 Å². The Bertz CT molecular complexity index is 728. The first-order chi connectivity index (χ1) is 12.1. The van der Waals surface area contributed by atoms with Crippen LogP contribution in [-0.2, 0) is 18.3 Å². The molecule has 134 valence electrons. The summed E-state index contributed by atoms with van der Waals surface area (Å²) < 4.78 is 7.22. The van der Waals surface area contributed by atoms with E-state index in [4.69, 9.17) is 4.74 Å². The molecule has 2 aromatic rings. The molecule has 0 spiro atoms. The maximum Gasteiger partial charge on any atom is 0.220 e. The summed E-state index contributed by atoms with van der Waals surface area (Å²) in [7, 11) is 3.59. The highest BCUT2D eigenvalue weighted by molar-refractivity contribution is 5.77. The van der Waals surface area contributed by atoms with Crippen molar-refractivity contribution < 1.29 is 9.53 Å². The van der Waals surface area contributed by atoms with Gasteiger partial charge in [-0.05, 0) is 31.4 Å². The Morgan fingerprint density at radius 1 is 1.44 bits per heavy atom. The molecule has 2 N–H and O–H groups in total. The lowest BCUT2D eigenvalue weighted by molar-refractivity contribution is -0.124. The molecule has 25 heavy (non-hydrogen) atoms. The summed E-state index contributed by atoms with van der Waals surface area (Å²) in [6, 6.07) is 8.50. The van der Waals surface area contributed by atoms with Crippen LogP contribution in [0.25, 0.3) is 0 Å². The van der Waals surface area contributed by atoms with Gasteiger partial charge in [-0.1, -0.05) is 18.2 Å². The van der Waals surface area contributed by atoms with Crippen molar-refractivity contribution in [2.45, 2.75) is 44.3 Å². The Balaban J connectivity index is 1.69. The van der Waals surface area contributed by atoms with Crippen LogP contribution < -0.4 is 15.4 Å². The molecule has 1 saturated heterocycles. The van der Waals surface area contributed by atoms with Crippen molar-refractivity contribution in [1.29, 1.82) is 0 Å². The zero-order valence-electron chi connectivity index (χ0n) is 15.0. The SMILES string of the molecule is COc1ccccc1C[C@@H](C)N[C@@H]1CCC(=O)N[C@H]1c1cnn(C)c1. The number of para-hydroxylation sites is 1. The molecule has 6 nitrogen and oxygen atoms in total. The molecule has 3 atom stereocenters. The van der Waals surface area contributed by atoms with E-state index < -0.39 is 0 Å². The van der Waals surface area contributed by atoms with Crippen LogP contribution >= 0.6 is 0 Å². The quantitative estimate of drug-likeness (QED) is 0.842. The van der Waals surface area contributed by atoms with Gasteiger partial charge in [0.05, 0.1) is 19.3 Å². The van der Waals surface area contributed by atoms with E-state index in [0.717, 1.165) is 24.2 Å². The number of carbonyl (C=O) groups is 1. The summed E-state index contributed by atoms with van der Waals surface area (Å²) in [4.78, 5) is 11.9. The number of aromatic nitrogens is 2. The second-order valence-electron chi connectivity index (χ2n) is 6.72. The number of piperidine rings is 1. The fourth-order valence-electron chi connectivity index (χ4n) is 3.52. The van der Waals surface area contributed by atoms with Gasteiger partial charge in [-0.15, -0.1) is 0 Å². The number of rotatable bonds is 6. The van der Waals surface area contributed by atoms with Crippen LogP contribution in [0.1, 0.15) is 36.9 Å². The number of carbonyl (C=O) groups excluding carboxylic acids is 1. The van der Waals surface area contributed by atoms with Gasteiger partial charge in [-0.3, -0.25) is 9.48 Å². The van der Waals surface area contributed by atoms with Crippen molar-refractivity contribution in [2.24, 2.45) is 7.05 Å². The minimum absolute atomic E-state index is 0.0462. The van der Waals surface area contributed by atoms with Gasteiger partial charge in [-0.2, -0.15) is 5.10 Å². The van der Waals surface area contributed by atoms with E-state index in [1.807, 2.05) is 37.6 Å². The molecule has 1 fully saturated rings. The minimum Gasteiger partial charge on any atom is -0.496 e. The Hall–Kier alpha value is -2.34. The molecule has 0 saturated carbocycles. The zero-order chi connectivity index (χ0) is 17.8. The minimum atomic E-state index is -0.0462. The molecule has 0 unspecified atom stereocenters. The first-order valence-corrected chi connectivity index (χ1v) is 8.72. The number of ether oxygens (including phenoxy) is 1. The van der Waals surface area contributed by atoms with Gasteiger partial charge in [0.25, 0.3) is 0 Å². The summed E-state index contributed by atoms with van der Waals surface area (Å²) in [6.07, 6.45) is 6.04. The van der Waals surface area contributed by atoms with Gasteiger partial charge < -0.3 is 15.4 Å². The first kappa shape index (κ1) is 17.5. The summed E-state index contributed by atoms with van der Waals surface area (Å²) in [5.41, 5.74) is 2.22. The van der Waals surface area contributed by atoms with Crippen LogP contribution in [0.5, 0.6) is 5.75 Å². The summed E-state index contributed by atoms with van der Waals surface area (Å²) in [5.74, 6) is 1.01. The number of hydrogen-bond acceptors (Lipinski definition) is 4. The molecule has 0 aliphatic carbocycles. The molecule has 0 bridgehead atoms. The number of nitrogens with one attached hydrogen (secondary N) is 2. The summed E-state index contributed by atoms with van der Waals surface area (Å²) in [5, 5.41) is 11.0. The summed E-state index contributed by atoms with van der Waals surface area (Å²) in [6.45, 7) is 2.17. The number of methoxy groups -OCH3 is 1. The van der Waals surface area contributed by atoms with E-state index in [2.05, 4.69) is 28.7 Å². The monoisotopic (exact) mass is 342 g/mol. The van der Waals surface area contributed by atoms with Crippen LogP contribution in [0.2, 0.25) is 0 Å². The number of aryl methyl sites for hydroxylation is 1. The number of amides is 1. The van der Waals surface area contributed by atoms with Gasteiger partial charge >= 0.3 is 0 Å². The largest absolute Gasteiger partial charge is 0.496 e. The van der Waals surface area contributed by atoms with Crippen molar-refractivity contribution in [2.75, 3.05) is 7.11 Å². The average Bonchev–Trinajstić information content (AvgIpc) is 3.03. The van der Waals surface area contributed by atoms with E-state index in [9.17, 15) is 4.79 Å². The number of nitrogens with zero attached hydrogens (tertiary/aromatic N) is 2. The first-order valence-electron chi connectivity index (χ1n) is 8.72. The fourth-order valence-corrected chi connectivity index (χ4v) is 3.52. The predicted octanol–water partition coefficient (Wildman–Crippen LogP) is 1.97. The maximum absolute atomic E-state index is 11.9. The van der Waals surface area contributed by atoms with Crippen LogP contribution in [0.15, 0.2) is 36.7 Å². The third-order valence-electron chi connectivity index (χ3n) is 4.70. The highest BCUT2D eigenvalue weighted by Gasteiger charge is 2.31. The second kappa shape index (κ2) is 7.70. The van der Waals surface area contributed by atoms with Gasteiger partial charge in [0.1, 0.15) is 5.75 Å². The smallest absolute Gasteiger partial charge is 0.220 e. The van der Waals surface area contributed by atoms with Gasteiger partial charge in [0.2, 0.25) is 5.91 Å². The highest BCUT2D eigenvalue weighted by atomic mass is 16.5. The van der Waals surface area contributed by atoms with Crippen molar-refractivity contribution in [1.82, 2.24) is 20.4 Å². The standard InChI is InChI=1S/C19H26N4O2/c1-13(10-14-6-4-5-7-17(14)25-3)21-16-8-9-18(24)22-19(16)15-11-20-23(2)12-15/h4-7,11-13,16,19,21H,8-10H2,1-3H3,(H,22,24)/t13-,16-,19+/m1/s1.